The van der Waals surface area contributed by atoms with Crippen LogP contribution in [-0.4, -0.2) is 11.7 Å². The van der Waals surface area contributed by atoms with Crippen LogP contribution in [0.2, 0.25) is 0 Å². The van der Waals surface area contributed by atoms with Crippen molar-refractivity contribution in [3.05, 3.63) is 36.4 Å². The van der Waals surface area contributed by atoms with Crippen molar-refractivity contribution in [2.45, 2.75) is 26.7 Å². The highest BCUT2D eigenvalue weighted by Crippen LogP contribution is 2.25. The average molecular weight is 244 g/mol. The van der Waals surface area contributed by atoms with Crippen LogP contribution in [0.5, 0.6) is 11.5 Å². The third-order valence-corrected chi connectivity index (χ3v) is 3.44. The van der Waals surface area contributed by atoms with Crippen LogP contribution in [0.3, 0.4) is 0 Å². The van der Waals surface area contributed by atoms with E-state index in [-0.39, 0.29) is 0 Å². The van der Waals surface area contributed by atoms with Crippen molar-refractivity contribution in [2.24, 2.45) is 5.92 Å². The van der Waals surface area contributed by atoms with Crippen LogP contribution >= 0.6 is 0 Å². The first-order valence-corrected chi connectivity index (χ1v) is 6.58. The molecule has 2 rings (SSSR count). The topological polar surface area (TPSA) is 29.5 Å². The van der Waals surface area contributed by atoms with Gasteiger partial charge in [0.05, 0.1) is 6.61 Å². The van der Waals surface area contributed by atoms with Gasteiger partial charge in [0, 0.05) is 0 Å². The van der Waals surface area contributed by atoms with Crippen molar-refractivity contribution in [1.82, 2.24) is 0 Å². The highest BCUT2D eigenvalue weighted by Gasteiger charge is 2.05. The number of aromatic hydroxyl groups is 1. The molecule has 0 aliphatic rings. The molecule has 0 aromatic heterocycles. The minimum Gasteiger partial charge on any atom is -0.508 e. The molecular weight excluding hydrogens is 224 g/mol. The number of ether oxygens (including phenoxy) is 1. The van der Waals surface area contributed by atoms with Crippen LogP contribution in [0.15, 0.2) is 36.4 Å². The largest absolute Gasteiger partial charge is 0.508 e. The normalized spacial score (nSPS) is 11.1. The van der Waals surface area contributed by atoms with Crippen LogP contribution in [0.1, 0.15) is 26.7 Å². The summed E-state index contributed by atoms with van der Waals surface area (Å²) >= 11 is 0. The maximum atomic E-state index is 9.47. The lowest BCUT2D eigenvalue weighted by Crippen LogP contribution is -2.09. The zero-order valence-corrected chi connectivity index (χ0v) is 11.0. The fraction of sp³-hybridized carbons (Fsp3) is 0.375. The van der Waals surface area contributed by atoms with Gasteiger partial charge < -0.3 is 9.84 Å². The molecule has 0 atom stereocenters. The van der Waals surface area contributed by atoms with Gasteiger partial charge in [-0.25, -0.2) is 0 Å². The molecule has 2 aromatic carbocycles. The number of rotatable bonds is 5. The average Bonchev–Trinajstić information content (AvgIpc) is 2.39. The van der Waals surface area contributed by atoms with Crippen molar-refractivity contribution in [3.8, 4) is 11.5 Å². The second kappa shape index (κ2) is 5.76. The predicted molar refractivity (Wildman–Crippen MR) is 75.2 cm³/mol. The van der Waals surface area contributed by atoms with Gasteiger partial charge in [-0.2, -0.15) is 0 Å². The highest BCUT2D eigenvalue weighted by atomic mass is 16.5. The number of phenols is 1. The molecule has 0 fully saturated rings. The Morgan fingerprint density at radius 2 is 1.72 bits per heavy atom. The molecule has 0 bridgehead atoms. The van der Waals surface area contributed by atoms with Crippen molar-refractivity contribution in [3.63, 3.8) is 0 Å². The van der Waals surface area contributed by atoms with E-state index in [2.05, 4.69) is 13.8 Å². The van der Waals surface area contributed by atoms with Crippen molar-refractivity contribution in [2.75, 3.05) is 6.61 Å². The zero-order valence-electron chi connectivity index (χ0n) is 11.0. The predicted octanol–water partition coefficient (Wildman–Crippen LogP) is 4.36. The van der Waals surface area contributed by atoms with E-state index in [4.69, 9.17) is 4.74 Å². The van der Waals surface area contributed by atoms with Crippen LogP contribution < -0.4 is 4.74 Å². The molecule has 0 aliphatic carbocycles. The lowest BCUT2D eigenvalue weighted by molar-refractivity contribution is 0.241. The van der Waals surface area contributed by atoms with Crippen LogP contribution in [0, 0.1) is 5.92 Å². The van der Waals surface area contributed by atoms with Crippen LogP contribution in [0.4, 0.5) is 0 Å². The lowest BCUT2D eigenvalue weighted by atomic mass is 10.1. The summed E-state index contributed by atoms with van der Waals surface area (Å²) in [6, 6.07) is 11.4. The van der Waals surface area contributed by atoms with Gasteiger partial charge in [0.2, 0.25) is 0 Å². The van der Waals surface area contributed by atoms with E-state index in [9.17, 15) is 5.11 Å². The van der Waals surface area contributed by atoms with E-state index >= 15 is 0 Å². The standard InChI is InChI=1S/C16H20O2/c1-3-12(4-2)11-18-16-8-6-13-5-7-15(17)9-14(13)10-16/h5-10,12,17H,3-4,11H2,1-2H3. The molecule has 18 heavy (non-hydrogen) atoms. The molecule has 2 aromatic rings. The van der Waals surface area contributed by atoms with Gasteiger partial charge in [0.1, 0.15) is 11.5 Å². The van der Waals surface area contributed by atoms with E-state index in [1.807, 2.05) is 24.3 Å². The Hall–Kier alpha value is -1.70. The Morgan fingerprint density at radius 3 is 2.44 bits per heavy atom. The molecule has 0 spiro atoms. The monoisotopic (exact) mass is 244 g/mol. The maximum absolute atomic E-state index is 9.47. The van der Waals surface area contributed by atoms with Crippen LogP contribution in [-0.2, 0) is 0 Å². The molecule has 1 N–H and O–H groups in total. The van der Waals surface area contributed by atoms with E-state index in [0.717, 1.165) is 36.0 Å². The van der Waals surface area contributed by atoms with Gasteiger partial charge in [-0.15, -0.1) is 0 Å². The molecule has 2 nitrogen and oxygen atoms in total. The summed E-state index contributed by atoms with van der Waals surface area (Å²) in [4.78, 5) is 0. The van der Waals surface area contributed by atoms with E-state index < -0.39 is 0 Å². The van der Waals surface area contributed by atoms with Crippen molar-refractivity contribution < 1.29 is 9.84 Å². The molecule has 0 saturated heterocycles. The summed E-state index contributed by atoms with van der Waals surface area (Å²) in [6.07, 6.45) is 2.29. The Kier molecular flexibility index (Phi) is 4.08. The molecule has 0 amide bonds. The van der Waals surface area contributed by atoms with Gasteiger partial charge in [0.15, 0.2) is 0 Å². The molecule has 0 radical (unpaired) electrons. The summed E-state index contributed by atoms with van der Waals surface area (Å²) in [6.45, 7) is 5.14. The quantitative estimate of drug-likeness (QED) is 0.846. The molecule has 0 heterocycles. The van der Waals surface area contributed by atoms with E-state index in [1.165, 1.54) is 0 Å². The summed E-state index contributed by atoms with van der Waals surface area (Å²) in [5.74, 6) is 1.78. The van der Waals surface area contributed by atoms with E-state index in [0.29, 0.717) is 11.7 Å². The Balaban J connectivity index is 2.14. The number of benzene rings is 2. The number of fused-ring (bicyclic) bond motifs is 1. The first-order valence-electron chi connectivity index (χ1n) is 6.58. The van der Waals surface area contributed by atoms with Gasteiger partial charge in [0.25, 0.3) is 0 Å². The summed E-state index contributed by atoms with van der Waals surface area (Å²) < 4.78 is 5.82. The molecule has 0 saturated carbocycles. The molecule has 0 unspecified atom stereocenters. The summed E-state index contributed by atoms with van der Waals surface area (Å²) in [5.41, 5.74) is 0. The van der Waals surface area contributed by atoms with Crippen molar-refractivity contribution >= 4 is 10.8 Å². The van der Waals surface area contributed by atoms with Crippen LogP contribution in [0.25, 0.3) is 10.8 Å². The SMILES string of the molecule is CCC(CC)COc1ccc2ccc(O)cc2c1. The Morgan fingerprint density at radius 1 is 1.00 bits per heavy atom. The Labute approximate surface area is 108 Å². The van der Waals surface area contributed by atoms with E-state index in [1.54, 1.807) is 12.1 Å². The number of hydrogen-bond donors (Lipinski definition) is 1. The van der Waals surface area contributed by atoms with Crippen molar-refractivity contribution in [1.29, 1.82) is 0 Å². The van der Waals surface area contributed by atoms with Gasteiger partial charge in [-0.05, 0) is 41.0 Å². The smallest absolute Gasteiger partial charge is 0.119 e. The third-order valence-electron chi connectivity index (χ3n) is 3.44. The third kappa shape index (κ3) is 2.95. The lowest BCUT2D eigenvalue weighted by Gasteiger charge is -2.14. The Bertz CT molecular complexity index is 515. The molecule has 2 heteroatoms. The van der Waals surface area contributed by atoms with Gasteiger partial charge in [-0.3, -0.25) is 0 Å². The second-order valence-corrected chi connectivity index (χ2v) is 4.69. The minimum absolute atomic E-state index is 0.291. The molecule has 96 valence electrons. The maximum Gasteiger partial charge on any atom is 0.119 e. The fourth-order valence-electron chi connectivity index (χ4n) is 2.04. The number of hydrogen-bond acceptors (Lipinski definition) is 2. The second-order valence-electron chi connectivity index (χ2n) is 4.69. The summed E-state index contributed by atoms with van der Waals surface area (Å²) in [5, 5.41) is 11.6. The molecule has 0 aliphatic heterocycles. The number of phenolic OH excluding ortho intramolecular Hbond substituents is 1. The first-order chi connectivity index (χ1) is 8.72. The van der Waals surface area contributed by atoms with Gasteiger partial charge >= 0.3 is 0 Å². The highest BCUT2D eigenvalue weighted by molar-refractivity contribution is 5.85. The fourth-order valence-corrected chi connectivity index (χ4v) is 2.04. The van der Waals surface area contributed by atoms with Gasteiger partial charge in [-0.1, -0.05) is 38.8 Å². The zero-order chi connectivity index (χ0) is 13.0. The minimum atomic E-state index is 0.291. The molecular formula is C16H20O2. The summed E-state index contributed by atoms with van der Waals surface area (Å²) in [7, 11) is 0. The first kappa shape index (κ1) is 12.7.